The maximum absolute atomic E-state index is 13.5. The Labute approximate surface area is 171 Å². The lowest BCUT2D eigenvalue weighted by atomic mass is 10.0. The van der Waals surface area contributed by atoms with Gasteiger partial charge in [0.2, 0.25) is 0 Å². The molecule has 1 aliphatic heterocycles. The van der Waals surface area contributed by atoms with Crippen LogP contribution >= 0.6 is 0 Å². The number of aromatic nitrogens is 1. The third-order valence-electron chi connectivity index (χ3n) is 5.69. The summed E-state index contributed by atoms with van der Waals surface area (Å²) in [4.78, 5) is 22.6. The Balaban J connectivity index is 1.76. The number of piperazine rings is 1. The number of nitrogens with zero attached hydrogens (tertiary/aromatic N) is 3. The number of rotatable bonds is 4. The maximum Gasteiger partial charge on any atom is 0.254 e. The Morgan fingerprint density at radius 3 is 2.41 bits per heavy atom. The van der Waals surface area contributed by atoms with Crippen LogP contribution in [0.15, 0.2) is 48.5 Å². The van der Waals surface area contributed by atoms with E-state index in [-0.39, 0.29) is 5.91 Å². The van der Waals surface area contributed by atoms with Crippen molar-refractivity contribution in [3.05, 3.63) is 59.7 Å². The number of methoxy groups -OCH3 is 1. The van der Waals surface area contributed by atoms with Gasteiger partial charge in [0, 0.05) is 37.1 Å². The lowest BCUT2D eigenvalue weighted by Gasteiger charge is -2.34. The second kappa shape index (κ2) is 8.21. The molecule has 1 aromatic heterocycles. The van der Waals surface area contributed by atoms with Crippen LogP contribution in [0.3, 0.4) is 0 Å². The van der Waals surface area contributed by atoms with Gasteiger partial charge in [0.15, 0.2) is 0 Å². The van der Waals surface area contributed by atoms with Crippen LogP contribution in [-0.4, -0.2) is 60.5 Å². The van der Waals surface area contributed by atoms with Gasteiger partial charge in [-0.15, -0.1) is 0 Å². The highest BCUT2D eigenvalue weighted by Crippen LogP contribution is 2.28. The minimum absolute atomic E-state index is 0.0912. The molecule has 1 fully saturated rings. The number of benzene rings is 2. The molecule has 29 heavy (non-hydrogen) atoms. The summed E-state index contributed by atoms with van der Waals surface area (Å²) in [5, 5.41) is 0.921. The van der Waals surface area contributed by atoms with Crippen LogP contribution in [0, 0.1) is 6.92 Å². The second-order valence-electron chi connectivity index (χ2n) is 7.53. The molecule has 0 radical (unpaired) electrons. The molecule has 5 nitrogen and oxygen atoms in total. The average Bonchev–Trinajstić information content (AvgIpc) is 2.78. The molecule has 0 atom stereocenters. The molecule has 2 heterocycles. The van der Waals surface area contributed by atoms with Crippen molar-refractivity contribution < 1.29 is 9.53 Å². The van der Waals surface area contributed by atoms with E-state index in [4.69, 9.17) is 9.72 Å². The van der Waals surface area contributed by atoms with E-state index >= 15 is 0 Å². The van der Waals surface area contributed by atoms with Gasteiger partial charge in [0.25, 0.3) is 5.91 Å². The molecule has 3 aromatic rings. The first kappa shape index (κ1) is 19.4. The van der Waals surface area contributed by atoms with Gasteiger partial charge in [-0.3, -0.25) is 4.79 Å². The Morgan fingerprint density at radius 1 is 1.03 bits per heavy atom. The van der Waals surface area contributed by atoms with E-state index in [1.54, 1.807) is 7.11 Å². The SMILES string of the molecule is CCN1CCN(C(=O)c2cc(-c3ccc(OC)cc3)nc3ccc(C)cc23)CC1. The predicted octanol–water partition coefficient (Wildman–Crippen LogP) is 4.00. The molecule has 150 valence electrons. The zero-order chi connectivity index (χ0) is 20.4. The smallest absolute Gasteiger partial charge is 0.254 e. The lowest BCUT2D eigenvalue weighted by Crippen LogP contribution is -2.48. The molecule has 0 spiro atoms. The van der Waals surface area contributed by atoms with Crippen molar-refractivity contribution >= 4 is 16.8 Å². The summed E-state index contributed by atoms with van der Waals surface area (Å²) >= 11 is 0. The van der Waals surface area contributed by atoms with Gasteiger partial charge in [-0.2, -0.15) is 0 Å². The van der Waals surface area contributed by atoms with Gasteiger partial charge >= 0.3 is 0 Å². The minimum Gasteiger partial charge on any atom is -0.497 e. The molecule has 0 bridgehead atoms. The van der Waals surface area contributed by atoms with E-state index < -0.39 is 0 Å². The first-order chi connectivity index (χ1) is 14.1. The summed E-state index contributed by atoms with van der Waals surface area (Å²) < 4.78 is 5.26. The molecule has 1 amide bonds. The number of pyridine rings is 1. The van der Waals surface area contributed by atoms with Gasteiger partial charge in [-0.25, -0.2) is 4.98 Å². The van der Waals surface area contributed by atoms with Crippen molar-refractivity contribution in [1.29, 1.82) is 0 Å². The van der Waals surface area contributed by atoms with Crippen molar-refractivity contribution in [3.63, 3.8) is 0 Å². The topological polar surface area (TPSA) is 45.7 Å². The molecule has 1 aliphatic rings. The molecular weight excluding hydrogens is 362 g/mol. The van der Waals surface area contributed by atoms with E-state index in [0.717, 1.165) is 71.8 Å². The number of ether oxygens (including phenoxy) is 1. The molecule has 0 N–H and O–H groups in total. The van der Waals surface area contributed by atoms with E-state index in [1.807, 2.05) is 54.3 Å². The minimum atomic E-state index is 0.0912. The standard InChI is InChI=1S/C24H27N3O2/c1-4-26-11-13-27(14-12-26)24(28)21-16-23(18-6-8-19(29-3)9-7-18)25-22-10-5-17(2)15-20(21)22/h5-10,15-16H,4,11-14H2,1-3H3. The number of carbonyl (C=O) groups is 1. The fraction of sp³-hybridized carbons (Fsp3) is 0.333. The van der Waals surface area contributed by atoms with Gasteiger partial charge < -0.3 is 14.5 Å². The molecular formula is C24H27N3O2. The van der Waals surface area contributed by atoms with Crippen LogP contribution < -0.4 is 4.74 Å². The van der Waals surface area contributed by atoms with E-state index in [0.29, 0.717) is 0 Å². The number of likely N-dealkylation sites (N-methyl/N-ethyl adjacent to an activating group) is 1. The van der Waals surface area contributed by atoms with Crippen LogP contribution in [0.4, 0.5) is 0 Å². The average molecular weight is 389 g/mol. The van der Waals surface area contributed by atoms with Crippen molar-refractivity contribution in [2.24, 2.45) is 0 Å². The highest BCUT2D eigenvalue weighted by atomic mass is 16.5. The Hall–Kier alpha value is -2.92. The molecule has 1 saturated heterocycles. The van der Waals surface area contributed by atoms with E-state index in [1.165, 1.54) is 0 Å². The van der Waals surface area contributed by atoms with Crippen molar-refractivity contribution in [2.75, 3.05) is 39.8 Å². The zero-order valence-electron chi connectivity index (χ0n) is 17.3. The fourth-order valence-electron chi connectivity index (χ4n) is 3.86. The van der Waals surface area contributed by atoms with Crippen LogP contribution in [0.5, 0.6) is 5.75 Å². The van der Waals surface area contributed by atoms with Crippen LogP contribution in [0.2, 0.25) is 0 Å². The quantitative estimate of drug-likeness (QED) is 0.677. The first-order valence-electron chi connectivity index (χ1n) is 10.2. The third kappa shape index (κ3) is 3.96. The number of amides is 1. The zero-order valence-corrected chi connectivity index (χ0v) is 17.3. The highest BCUT2D eigenvalue weighted by Gasteiger charge is 2.24. The predicted molar refractivity (Wildman–Crippen MR) is 116 cm³/mol. The summed E-state index contributed by atoms with van der Waals surface area (Å²) in [6.45, 7) is 8.62. The molecule has 0 aliphatic carbocycles. The van der Waals surface area contributed by atoms with Crippen LogP contribution in [0.1, 0.15) is 22.8 Å². The van der Waals surface area contributed by atoms with Gasteiger partial charge in [0.1, 0.15) is 5.75 Å². The summed E-state index contributed by atoms with van der Waals surface area (Å²) in [5.41, 5.74) is 4.48. The number of fused-ring (bicyclic) bond motifs is 1. The van der Waals surface area contributed by atoms with Crippen LogP contribution in [-0.2, 0) is 0 Å². The summed E-state index contributed by atoms with van der Waals surface area (Å²) in [6, 6.07) is 15.9. The van der Waals surface area contributed by atoms with Gasteiger partial charge in [-0.1, -0.05) is 18.6 Å². The summed E-state index contributed by atoms with van der Waals surface area (Å²) in [5.74, 6) is 0.892. The fourth-order valence-corrected chi connectivity index (χ4v) is 3.86. The monoisotopic (exact) mass is 389 g/mol. The molecule has 2 aromatic carbocycles. The molecule has 4 rings (SSSR count). The van der Waals surface area contributed by atoms with Crippen LogP contribution in [0.25, 0.3) is 22.2 Å². The number of carbonyl (C=O) groups excluding carboxylic acids is 1. The Bertz CT molecular complexity index is 1020. The van der Waals surface area contributed by atoms with Gasteiger partial charge in [-0.05, 0) is 55.9 Å². The Kier molecular flexibility index (Phi) is 5.49. The summed E-state index contributed by atoms with van der Waals surface area (Å²) in [6.07, 6.45) is 0. The number of aryl methyl sites for hydroxylation is 1. The van der Waals surface area contributed by atoms with Crippen molar-refractivity contribution in [1.82, 2.24) is 14.8 Å². The number of hydrogen-bond acceptors (Lipinski definition) is 4. The lowest BCUT2D eigenvalue weighted by molar-refractivity contribution is 0.0645. The largest absolute Gasteiger partial charge is 0.497 e. The molecule has 0 unspecified atom stereocenters. The Morgan fingerprint density at radius 2 is 1.76 bits per heavy atom. The van der Waals surface area contributed by atoms with Crippen molar-refractivity contribution in [2.45, 2.75) is 13.8 Å². The highest BCUT2D eigenvalue weighted by molar-refractivity contribution is 6.07. The first-order valence-corrected chi connectivity index (χ1v) is 10.2. The van der Waals surface area contributed by atoms with Crippen molar-refractivity contribution in [3.8, 4) is 17.0 Å². The molecule has 0 saturated carbocycles. The number of hydrogen-bond donors (Lipinski definition) is 0. The molecule has 5 heteroatoms. The van der Waals surface area contributed by atoms with Gasteiger partial charge in [0.05, 0.1) is 23.9 Å². The second-order valence-corrected chi connectivity index (χ2v) is 7.53. The van der Waals surface area contributed by atoms with E-state index in [2.05, 4.69) is 17.9 Å². The summed E-state index contributed by atoms with van der Waals surface area (Å²) in [7, 11) is 1.65. The van der Waals surface area contributed by atoms with E-state index in [9.17, 15) is 4.79 Å². The third-order valence-corrected chi connectivity index (χ3v) is 5.69. The normalized spacial score (nSPS) is 14.9. The maximum atomic E-state index is 13.5.